The number of rotatable bonds is 5. The monoisotopic (exact) mass is 350 g/mol. The number of aromatic nitrogens is 3. The van der Waals surface area contributed by atoms with Crippen molar-refractivity contribution in [2.24, 2.45) is 0 Å². The van der Waals surface area contributed by atoms with Gasteiger partial charge in [0.2, 0.25) is 0 Å². The maximum atomic E-state index is 13.1. The van der Waals surface area contributed by atoms with E-state index in [-0.39, 0.29) is 11.9 Å². The van der Waals surface area contributed by atoms with E-state index in [9.17, 15) is 4.79 Å². The fourth-order valence-electron chi connectivity index (χ4n) is 4.00. The molecule has 4 rings (SSSR count). The third-order valence-corrected chi connectivity index (χ3v) is 5.29. The van der Waals surface area contributed by atoms with Crippen LogP contribution in [0.2, 0.25) is 0 Å². The first-order valence-electron chi connectivity index (χ1n) is 9.22. The molecule has 134 valence electrons. The second-order valence-corrected chi connectivity index (χ2v) is 6.87. The van der Waals surface area contributed by atoms with Crippen molar-refractivity contribution in [1.29, 1.82) is 5.26 Å². The summed E-state index contributed by atoms with van der Waals surface area (Å²) < 4.78 is 0. The minimum absolute atomic E-state index is 0.0257. The molecule has 26 heavy (non-hydrogen) atoms. The lowest BCUT2D eigenvalue weighted by molar-refractivity contribution is 0.0681. The summed E-state index contributed by atoms with van der Waals surface area (Å²) >= 11 is 0. The highest BCUT2D eigenvalue weighted by Crippen LogP contribution is 2.30. The summed E-state index contributed by atoms with van der Waals surface area (Å²) in [5.74, 6) is 0.855. The maximum Gasteiger partial charge on any atom is 0.270 e. The highest BCUT2D eigenvalue weighted by atomic mass is 16.2. The summed E-state index contributed by atoms with van der Waals surface area (Å²) in [6, 6.07) is 4.28. The van der Waals surface area contributed by atoms with Gasteiger partial charge in [-0.2, -0.15) is 5.26 Å². The average molecular weight is 350 g/mol. The van der Waals surface area contributed by atoms with Gasteiger partial charge in [-0.1, -0.05) is 12.8 Å². The molecular weight excluding hydrogens is 328 g/mol. The Balaban J connectivity index is 1.59. The van der Waals surface area contributed by atoms with Crippen molar-refractivity contribution < 1.29 is 4.79 Å². The quantitative estimate of drug-likeness (QED) is 0.864. The lowest BCUT2D eigenvalue weighted by atomic mass is 10.1. The molecule has 1 aliphatic heterocycles. The largest absolute Gasteiger partial charge is 0.369 e. The molecule has 0 radical (unpaired) electrons. The number of H-pyrrole nitrogens is 1. The van der Waals surface area contributed by atoms with E-state index < -0.39 is 0 Å². The van der Waals surface area contributed by atoms with Crippen molar-refractivity contribution in [2.75, 3.05) is 18.4 Å². The van der Waals surface area contributed by atoms with Crippen LogP contribution in [0.1, 0.15) is 48.2 Å². The fourth-order valence-corrected chi connectivity index (χ4v) is 4.00. The number of aromatic amines is 1. The molecular formula is C19H22N6O. The number of anilines is 1. The number of fused-ring (bicyclic) bond motifs is 1. The number of amides is 1. The van der Waals surface area contributed by atoms with Crippen LogP contribution in [0.25, 0.3) is 11.3 Å². The fraction of sp³-hybridized carbons (Fsp3) is 0.474. The van der Waals surface area contributed by atoms with E-state index >= 15 is 0 Å². The highest BCUT2D eigenvalue weighted by molar-refractivity contribution is 5.94. The third-order valence-electron chi connectivity index (χ3n) is 5.29. The lowest BCUT2D eigenvalue weighted by Crippen LogP contribution is -2.39. The molecule has 0 aromatic carbocycles. The van der Waals surface area contributed by atoms with Gasteiger partial charge in [0.1, 0.15) is 17.8 Å². The predicted molar refractivity (Wildman–Crippen MR) is 97.5 cm³/mol. The van der Waals surface area contributed by atoms with Crippen LogP contribution in [-0.2, 0) is 6.42 Å². The zero-order valence-electron chi connectivity index (χ0n) is 14.7. The molecule has 7 nitrogen and oxygen atoms in total. The van der Waals surface area contributed by atoms with Crippen molar-refractivity contribution in [2.45, 2.75) is 44.6 Å². The molecule has 7 heteroatoms. The predicted octanol–water partition coefficient (Wildman–Crippen LogP) is 2.74. The molecule has 1 aliphatic carbocycles. The topological polar surface area (TPSA) is 97.7 Å². The maximum absolute atomic E-state index is 13.1. The van der Waals surface area contributed by atoms with Crippen LogP contribution in [0.4, 0.5) is 5.82 Å². The van der Waals surface area contributed by atoms with Crippen LogP contribution in [0.3, 0.4) is 0 Å². The standard InChI is InChI=1S/C19H22N6O/c20-7-3-9-25(14-4-1-2-5-14)19(26)16-10-13(11-22-16)17-15-6-8-21-18(15)24-12-23-17/h10-12,14,22H,1-6,8-9H2,(H,21,23,24). The van der Waals surface area contributed by atoms with Crippen LogP contribution >= 0.6 is 0 Å². The molecule has 1 saturated carbocycles. The Bertz CT molecular complexity index is 846. The molecule has 0 atom stereocenters. The summed E-state index contributed by atoms with van der Waals surface area (Å²) in [6.45, 7) is 1.35. The normalized spacial score (nSPS) is 16.1. The van der Waals surface area contributed by atoms with Gasteiger partial charge in [-0.25, -0.2) is 9.97 Å². The van der Waals surface area contributed by atoms with E-state index in [1.54, 1.807) is 6.33 Å². The SMILES string of the molecule is N#CCCN(C(=O)c1cc(-c2ncnc3c2CCN3)c[nH]1)C1CCCC1. The molecule has 1 fully saturated rings. The summed E-state index contributed by atoms with van der Waals surface area (Å²) in [6.07, 6.45) is 8.99. The summed E-state index contributed by atoms with van der Waals surface area (Å²) in [4.78, 5) is 26.7. The highest BCUT2D eigenvalue weighted by Gasteiger charge is 2.28. The number of carbonyl (C=O) groups excluding carboxylic acids is 1. The van der Waals surface area contributed by atoms with Crippen molar-refractivity contribution >= 4 is 11.7 Å². The van der Waals surface area contributed by atoms with Gasteiger partial charge < -0.3 is 15.2 Å². The van der Waals surface area contributed by atoms with Gasteiger partial charge >= 0.3 is 0 Å². The van der Waals surface area contributed by atoms with Crippen LogP contribution < -0.4 is 5.32 Å². The minimum atomic E-state index is -0.0257. The molecule has 0 unspecified atom stereocenters. The zero-order valence-corrected chi connectivity index (χ0v) is 14.7. The molecule has 2 aliphatic rings. The summed E-state index contributed by atoms with van der Waals surface area (Å²) in [7, 11) is 0. The van der Waals surface area contributed by atoms with Crippen LogP contribution in [0.5, 0.6) is 0 Å². The van der Waals surface area contributed by atoms with E-state index in [0.717, 1.165) is 61.3 Å². The Morgan fingerprint density at radius 3 is 3.00 bits per heavy atom. The number of hydrogen-bond acceptors (Lipinski definition) is 5. The van der Waals surface area contributed by atoms with Crippen LogP contribution in [0.15, 0.2) is 18.6 Å². The molecule has 0 saturated heterocycles. The van der Waals surface area contributed by atoms with Gasteiger partial charge in [-0.05, 0) is 25.3 Å². The van der Waals surface area contributed by atoms with Crippen molar-refractivity contribution in [3.63, 3.8) is 0 Å². The second kappa shape index (κ2) is 7.16. The summed E-state index contributed by atoms with van der Waals surface area (Å²) in [5, 5.41) is 12.2. The van der Waals surface area contributed by atoms with Gasteiger partial charge in [-0.15, -0.1) is 0 Å². The van der Waals surface area contributed by atoms with E-state index in [4.69, 9.17) is 5.26 Å². The van der Waals surface area contributed by atoms with Gasteiger partial charge in [-0.3, -0.25) is 4.79 Å². The Hall–Kier alpha value is -2.88. The number of nitriles is 1. The first kappa shape index (κ1) is 16.6. The number of hydrogen-bond donors (Lipinski definition) is 2. The second-order valence-electron chi connectivity index (χ2n) is 6.87. The Morgan fingerprint density at radius 1 is 1.35 bits per heavy atom. The Kier molecular flexibility index (Phi) is 4.57. The lowest BCUT2D eigenvalue weighted by Gasteiger charge is -2.27. The molecule has 0 spiro atoms. The first-order valence-corrected chi connectivity index (χ1v) is 9.22. The van der Waals surface area contributed by atoms with E-state index in [0.29, 0.717) is 18.7 Å². The Morgan fingerprint density at radius 2 is 2.19 bits per heavy atom. The number of carbonyl (C=O) groups is 1. The molecule has 0 bridgehead atoms. The summed E-state index contributed by atoms with van der Waals surface area (Å²) in [5.41, 5.74) is 3.44. The van der Waals surface area contributed by atoms with Gasteiger partial charge in [0.25, 0.3) is 5.91 Å². The van der Waals surface area contributed by atoms with Crippen molar-refractivity contribution in [3.8, 4) is 17.3 Å². The van der Waals surface area contributed by atoms with Crippen molar-refractivity contribution in [3.05, 3.63) is 29.8 Å². The van der Waals surface area contributed by atoms with E-state index in [2.05, 4.69) is 26.3 Å². The molecule has 2 aromatic rings. The van der Waals surface area contributed by atoms with Crippen LogP contribution in [-0.4, -0.2) is 44.9 Å². The van der Waals surface area contributed by atoms with E-state index in [1.165, 1.54) is 0 Å². The Labute approximate surface area is 152 Å². The number of nitrogens with zero attached hydrogens (tertiary/aromatic N) is 4. The third kappa shape index (κ3) is 3.03. The van der Waals surface area contributed by atoms with Gasteiger partial charge in [0.05, 0.1) is 18.2 Å². The first-order chi connectivity index (χ1) is 12.8. The zero-order chi connectivity index (χ0) is 17.9. The minimum Gasteiger partial charge on any atom is -0.369 e. The molecule has 2 aromatic heterocycles. The van der Waals surface area contributed by atoms with Gasteiger partial charge in [0.15, 0.2) is 0 Å². The molecule has 1 amide bonds. The van der Waals surface area contributed by atoms with E-state index in [1.807, 2.05) is 17.2 Å². The smallest absolute Gasteiger partial charge is 0.270 e. The number of nitrogens with one attached hydrogen (secondary N) is 2. The van der Waals surface area contributed by atoms with Crippen LogP contribution in [0, 0.1) is 11.3 Å². The van der Waals surface area contributed by atoms with Crippen molar-refractivity contribution in [1.82, 2.24) is 19.9 Å². The van der Waals surface area contributed by atoms with Gasteiger partial charge in [0, 0.05) is 36.5 Å². The molecule has 3 heterocycles. The average Bonchev–Trinajstić information content (AvgIpc) is 3.41. The molecule has 2 N–H and O–H groups in total.